The first kappa shape index (κ1) is 26.0. The van der Waals surface area contributed by atoms with Gasteiger partial charge in [0, 0.05) is 0 Å². The Balaban J connectivity index is 1.74. The van der Waals surface area contributed by atoms with Gasteiger partial charge in [0.2, 0.25) is 0 Å². The Morgan fingerprint density at radius 3 is 0.750 bits per heavy atom. The largest absolute Gasteiger partial charge is 0.0625 e. The van der Waals surface area contributed by atoms with Crippen molar-refractivity contribution in [3.05, 3.63) is 108 Å². The van der Waals surface area contributed by atoms with Gasteiger partial charge >= 0.3 is 0 Å². The molecule has 186 valence electrons. The molecule has 4 rings (SSSR count). The first-order valence-corrected chi connectivity index (χ1v) is 13.7. The molecule has 0 heterocycles. The minimum absolute atomic E-state index is 0.670. The lowest BCUT2D eigenvalue weighted by atomic mass is 9.91. The third-order valence-corrected chi connectivity index (χ3v) is 6.73. The molecule has 4 aromatic carbocycles. The van der Waals surface area contributed by atoms with Gasteiger partial charge in [0.1, 0.15) is 0 Å². The highest BCUT2D eigenvalue weighted by atomic mass is 14.1. The van der Waals surface area contributed by atoms with Gasteiger partial charge in [-0.15, -0.1) is 0 Å². The first-order chi connectivity index (χ1) is 17.3. The van der Waals surface area contributed by atoms with Gasteiger partial charge in [-0.3, -0.25) is 0 Å². The average Bonchev–Trinajstić information content (AvgIpc) is 2.84. The second kappa shape index (κ2) is 11.7. The monoisotopic (exact) mass is 474 g/mol. The SMILES string of the molecule is CC(C)Cc1ccc(-c2cc(-c3ccc(CC(C)C)cc3)cc(-c3ccc(CC(C)C)cc3)c2)cc1. The average molecular weight is 475 g/mol. The van der Waals surface area contributed by atoms with Gasteiger partial charge in [-0.1, -0.05) is 114 Å². The van der Waals surface area contributed by atoms with Crippen LogP contribution in [0, 0.1) is 17.8 Å². The molecule has 0 bridgehead atoms. The van der Waals surface area contributed by atoms with Crippen molar-refractivity contribution in [2.75, 3.05) is 0 Å². The third-order valence-electron chi connectivity index (χ3n) is 6.73. The maximum absolute atomic E-state index is 2.35. The molecule has 0 heteroatoms. The van der Waals surface area contributed by atoms with Crippen LogP contribution >= 0.6 is 0 Å². The normalized spacial score (nSPS) is 11.6. The van der Waals surface area contributed by atoms with E-state index >= 15 is 0 Å². The van der Waals surface area contributed by atoms with Crippen molar-refractivity contribution in [1.82, 2.24) is 0 Å². The quantitative estimate of drug-likeness (QED) is 0.226. The van der Waals surface area contributed by atoms with Crippen molar-refractivity contribution in [3.8, 4) is 33.4 Å². The topological polar surface area (TPSA) is 0 Å². The van der Waals surface area contributed by atoms with Gasteiger partial charge in [-0.05, 0) is 105 Å². The van der Waals surface area contributed by atoms with Crippen LogP contribution in [-0.4, -0.2) is 0 Å². The Bertz CT molecular complexity index is 1060. The Kier molecular flexibility index (Phi) is 8.47. The van der Waals surface area contributed by atoms with Crippen molar-refractivity contribution < 1.29 is 0 Å². The van der Waals surface area contributed by atoms with E-state index in [4.69, 9.17) is 0 Å². The molecule has 0 fully saturated rings. The molecule has 36 heavy (non-hydrogen) atoms. The molecular weight excluding hydrogens is 432 g/mol. The van der Waals surface area contributed by atoms with E-state index in [0.29, 0.717) is 17.8 Å². The summed E-state index contributed by atoms with van der Waals surface area (Å²) in [6.45, 7) is 13.7. The lowest BCUT2D eigenvalue weighted by molar-refractivity contribution is 0.647. The smallest absolute Gasteiger partial charge is 0.0172 e. The van der Waals surface area contributed by atoms with Crippen LogP contribution in [0.3, 0.4) is 0 Å². The highest BCUT2D eigenvalue weighted by molar-refractivity contribution is 5.81. The zero-order chi connectivity index (χ0) is 25.7. The summed E-state index contributed by atoms with van der Waals surface area (Å²) in [5.74, 6) is 2.01. The van der Waals surface area contributed by atoms with Gasteiger partial charge in [0.15, 0.2) is 0 Å². The molecule has 0 aliphatic rings. The van der Waals surface area contributed by atoms with Crippen molar-refractivity contribution in [1.29, 1.82) is 0 Å². The van der Waals surface area contributed by atoms with Crippen LogP contribution in [0.2, 0.25) is 0 Å². The van der Waals surface area contributed by atoms with Crippen molar-refractivity contribution in [2.45, 2.75) is 60.8 Å². The molecule has 0 spiro atoms. The van der Waals surface area contributed by atoms with Crippen LogP contribution in [0.15, 0.2) is 91.0 Å². The highest BCUT2D eigenvalue weighted by Crippen LogP contribution is 2.34. The minimum Gasteiger partial charge on any atom is -0.0625 e. The molecule has 0 radical (unpaired) electrons. The first-order valence-electron chi connectivity index (χ1n) is 13.7. The van der Waals surface area contributed by atoms with Crippen molar-refractivity contribution >= 4 is 0 Å². The molecule has 0 saturated heterocycles. The van der Waals surface area contributed by atoms with Crippen LogP contribution in [0.5, 0.6) is 0 Å². The maximum Gasteiger partial charge on any atom is -0.0172 e. The Hall–Kier alpha value is -3.12. The second-order valence-electron chi connectivity index (χ2n) is 11.7. The summed E-state index contributed by atoms with van der Waals surface area (Å²) in [5, 5.41) is 0. The molecule has 0 N–H and O–H groups in total. The second-order valence-corrected chi connectivity index (χ2v) is 11.7. The molecule has 0 aliphatic carbocycles. The lowest BCUT2D eigenvalue weighted by Crippen LogP contribution is -1.94. The molecule has 0 unspecified atom stereocenters. The zero-order valence-electron chi connectivity index (χ0n) is 23.0. The van der Waals surface area contributed by atoms with Crippen molar-refractivity contribution in [3.63, 3.8) is 0 Å². The predicted octanol–water partition coefficient (Wildman–Crippen LogP) is 10.3. The van der Waals surface area contributed by atoms with E-state index in [0.717, 1.165) is 19.3 Å². The fraction of sp³-hybridized carbons (Fsp3) is 0.333. The van der Waals surface area contributed by atoms with Crippen molar-refractivity contribution in [2.24, 2.45) is 17.8 Å². The van der Waals surface area contributed by atoms with Gasteiger partial charge < -0.3 is 0 Å². The van der Waals surface area contributed by atoms with Crippen LogP contribution in [0.25, 0.3) is 33.4 Å². The fourth-order valence-electron chi connectivity index (χ4n) is 5.04. The Labute approximate surface area is 219 Å². The molecule has 0 nitrogen and oxygen atoms in total. The zero-order valence-corrected chi connectivity index (χ0v) is 23.0. The molecule has 0 atom stereocenters. The molecule has 0 aliphatic heterocycles. The van der Waals surface area contributed by atoms with E-state index in [2.05, 4.69) is 133 Å². The summed E-state index contributed by atoms with van der Waals surface area (Å²) in [6, 6.07) is 34.6. The molecule has 0 aromatic heterocycles. The van der Waals surface area contributed by atoms with Gasteiger partial charge in [0.25, 0.3) is 0 Å². The van der Waals surface area contributed by atoms with E-state index in [1.165, 1.54) is 50.1 Å². The van der Waals surface area contributed by atoms with Gasteiger partial charge in [-0.2, -0.15) is 0 Å². The Morgan fingerprint density at radius 2 is 0.556 bits per heavy atom. The molecule has 4 aromatic rings. The fourth-order valence-corrected chi connectivity index (χ4v) is 5.04. The van der Waals surface area contributed by atoms with Gasteiger partial charge in [-0.25, -0.2) is 0 Å². The summed E-state index contributed by atoms with van der Waals surface area (Å²) in [7, 11) is 0. The van der Waals surface area contributed by atoms with E-state index < -0.39 is 0 Å². The van der Waals surface area contributed by atoms with Crippen LogP contribution in [-0.2, 0) is 19.3 Å². The Morgan fingerprint density at radius 1 is 0.333 bits per heavy atom. The highest BCUT2D eigenvalue weighted by Gasteiger charge is 2.09. The van der Waals surface area contributed by atoms with Crippen LogP contribution in [0.1, 0.15) is 58.2 Å². The number of hydrogen-bond donors (Lipinski definition) is 0. The number of rotatable bonds is 9. The third kappa shape index (κ3) is 6.97. The molecule has 0 saturated carbocycles. The summed E-state index contributed by atoms with van der Waals surface area (Å²) in [4.78, 5) is 0. The summed E-state index contributed by atoms with van der Waals surface area (Å²) < 4.78 is 0. The number of benzene rings is 4. The summed E-state index contributed by atoms with van der Waals surface area (Å²) in [5.41, 5.74) is 11.9. The summed E-state index contributed by atoms with van der Waals surface area (Å²) >= 11 is 0. The molecule has 0 amide bonds. The van der Waals surface area contributed by atoms with E-state index in [-0.39, 0.29) is 0 Å². The number of hydrogen-bond acceptors (Lipinski definition) is 0. The van der Waals surface area contributed by atoms with E-state index in [1.54, 1.807) is 0 Å². The standard InChI is InChI=1S/C36H42/c1-25(2)19-28-7-13-31(14-8-28)34-22-35(32-15-9-29(10-16-32)20-26(3)4)24-36(23-34)33-17-11-30(12-18-33)21-27(5)6/h7-18,22-27H,19-21H2,1-6H3. The summed E-state index contributed by atoms with van der Waals surface area (Å²) in [6.07, 6.45) is 3.37. The van der Waals surface area contributed by atoms with Crippen LogP contribution in [0.4, 0.5) is 0 Å². The predicted molar refractivity (Wildman–Crippen MR) is 158 cm³/mol. The lowest BCUT2D eigenvalue weighted by Gasteiger charge is -2.13. The maximum atomic E-state index is 2.35. The van der Waals surface area contributed by atoms with Gasteiger partial charge in [0.05, 0.1) is 0 Å². The van der Waals surface area contributed by atoms with E-state index in [9.17, 15) is 0 Å². The minimum atomic E-state index is 0.670. The molecular formula is C36H42. The van der Waals surface area contributed by atoms with E-state index in [1.807, 2.05) is 0 Å². The van der Waals surface area contributed by atoms with Crippen LogP contribution < -0.4 is 0 Å².